The van der Waals surface area contributed by atoms with E-state index in [1.165, 1.54) is 0 Å². The van der Waals surface area contributed by atoms with Gasteiger partial charge < -0.3 is 11.1 Å². The standard InChI is InChI=1S/C10H19N3O/c1-8-2-3-10(8,9(11)14)13-6-4-12-5-7-13/h8,12H,2-7H2,1H3,(H2,11,14). The van der Waals surface area contributed by atoms with E-state index in [-0.39, 0.29) is 11.4 Å². The van der Waals surface area contributed by atoms with Crippen LogP contribution in [0.5, 0.6) is 0 Å². The molecule has 0 radical (unpaired) electrons. The Balaban J connectivity index is 2.13. The molecule has 2 rings (SSSR count). The topological polar surface area (TPSA) is 58.4 Å². The lowest BCUT2D eigenvalue weighted by Gasteiger charge is -2.53. The summed E-state index contributed by atoms with van der Waals surface area (Å²) in [5.41, 5.74) is 5.24. The van der Waals surface area contributed by atoms with Crippen LogP contribution >= 0.6 is 0 Å². The molecule has 1 saturated carbocycles. The number of carbonyl (C=O) groups is 1. The van der Waals surface area contributed by atoms with Crippen LogP contribution in [0.4, 0.5) is 0 Å². The number of primary amides is 1. The highest BCUT2D eigenvalue weighted by molar-refractivity contribution is 5.86. The highest BCUT2D eigenvalue weighted by atomic mass is 16.1. The van der Waals surface area contributed by atoms with Crippen molar-refractivity contribution < 1.29 is 4.79 Å². The Bertz CT molecular complexity index is 238. The van der Waals surface area contributed by atoms with Gasteiger partial charge in [0.05, 0.1) is 0 Å². The minimum absolute atomic E-state index is 0.127. The van der Waals surface area contributed by atoms with Gasteiger partial charge in [0, 0.05) is 26.2 Å². The van der Waals surface area contributed by atoms with Crippen LogP contribution < -0.4 is 11.1 Å². The maximum atomic E-state index is 11.6. The van der Waals surface area contributed by atoms with Crippen LogP contribution in [0.15, 0.2) is 0 Å². The van der Waals surface area contributed by atoms with Crippen molar-refractivity contribution in [1.29, 1.82) is 0 Å². The van der Waals surface area contributed by atoms with E-state index in [0.29, 0.717) is 5.92 Å². The minimum Gasteiger partial charge on any atom is -0.368 e. The number of hydrogen-bond donors (Lipinski definition) is 2. The third-order valence-corrected chi connectivity index (χ3v) is 3.88. The molecule has 0 bridgehead atoms. The molecule has 1 heterocycles. The van der Waals surface area contributed by atoms with Gasteiger partial charge in [-0.2, -0.15) is 0 Å². The van der Waals surface area contributed by atoms with E-state index >= 15 is 0 Å². The minimum atomic E-state index is -0.317. The summed E-state index contributed by atoms with van der Waals surface area (Å²) >= 11 is 0. The first-order valence-corrected chi connectivity index (χ1v) is 5.43. The first-order valence-electron chi connectivity index (χ1n) is 5.43. The quantitative estimate of drug-likeness (QED) is 0.630. The molecule has 14 heavy (non-hydrogen) atoms. The van der Waals surface area contributed by atoms with Crippen LogP contribution in [0.1, 0.15) is 19.8 Å². The Labute approximate surface area is 84.8 Å². The Morgan fingerprint density at radius 1 is 1.50 bits per heavy atom. The third kappa shape index (κ3) is 1.25. The Morgan fingerprint density at radius 3 is 2.50 bits per heavy atom. The van der Waals surface area contributed by atoms with Gasteiger partial charge in [0.15, 0.2) is 0 Å². The van der Waals surface area contributed by atoms with Gasteiger partial charge in [0.2, 0.25) is 5.91 Å². The van der Waals surface area contributed by atoms with E-state index in [4.69, 9.17) is 5.73 Å². The van der Waals surface area contributed by atoms with Crippen molar-refractivity contribution in [3.8, 4) is 0 Å². The lowest BCUT2D eigenvalue weighted by molar-refractivity contribution is -0.143. The fourth-order valence-electron chi connectivity index (χ4n) is 2.76. The largest absolute Gasteiger partial charge is 0.368 e. The summed E-state index contributed by atoms with van der Waals surface area (Å²) < 4.78 is 0. The summed E-state index contributed by atoms with van der Waals surface area (Å²) in [5, 5.41) is 3.29. The Kier molecular flexibility index (Phi) is 2.49. The molecular weight excluding hydrogens is 178 g/mol. The second-order valence-electron chi connectivity index (χ2n) is 4.47. The number of amides is 1. The molecule has 4 nitrogen and oxygen atoms in total. The predicted octanol–water partition coefficient (Wildman–Crippen LogP) is -0.454. The van der Waals surface area contributed by atoms with Crippen molar-refractivity contribution in [2.75, 3.05) is 26.2 Å². The van der Waals surface area contributed by atoms with Crippen LogP contribution in [-0.4, -0.2) is 42.5 Å². The first-order chi connectivity index (χ1) is 6.68. The summed E-state index contributed by atoms with van der Waals surface area (Å²) in [6.07, 6.45) is 2.08. The average molecular weight is 197 g/mol. The van der Waals surface area contributed by atoms with Gasteiger partial charge in [0.1, 0.15) is 5.54 Å². The van der Waals surface area contributed by atoms with Crippen LogP contribution in [0.2, 0.25) is 0 Å². The van der Waals surface area contributed by atoms with Crippen molar-refractivity contribution in [3.63, 3.8) is 0 Å². The van der Waals surface area contributed by atoms with Gasteiger partial charge >= 0.3 is 0 Å². The number of nitrogens with two attached hydrogens (primary N) is 1. The van der Waals surface area contributed by atoms with Crippen molar-refractivity contribution in [2.45, 2.75) is 25.3 Å². The molecule has 80 valence electrons. The highest BCUT2D eigenvalue weighted by Crippen LogP contribution is 2.43. The van der Waals surface area contributed by atoms with E-state index in [9.17, 15) is 4.79 Å². The second kappa shape index (κ2) is 3.51. The molecule has 2 atom stereocenters. The molecule has 2 aliphatic rings. The maximum absolute atomic E-state index is 11.6. The molecule has 1 aliphatic carbocycles. The molecule has 4 heteroatoms. The van der Waals surface area contributed by atoms with Gasteiger partial charge in [-0.15, -0.1) is 0 Å². The van der Waals surface area contributed by atoms with Gasteiger partial charge in [-0.25, -0.2) is 0 Å². The van der Waals surface area contributed by atoms with E-state index in [1.54, 1.807) is 0 Å². The summed E-state index contributed by atoms with van der Waals surface area (Å²) in [7, 11) is 0. The lowest BCUT2D eigenvalue weighted by Crippen LogP contribution is -2.69. The molecule has 1 aliphatic heterocycles. The van der Waals surface area contributed by atoms with E-state index in [2.05, 4.69) is 17.1 Å². The van der Waals surface area contributed by atoms with Crippen LogP contribution in [0.25, 0.3) is 0 Å². The van der Waals surface area contributed by atoms with Gasteiger partial charge in [0.25, 0.3) is 0 Å². The monoisotopic (exact) mass is 197 g/mol. The maximum Gasteiger partial charge on any atom is 0.238 e. The normalized spacial score (nSPS) is 39.1. The van der Waals surface area contributed by atoms with Crippen molar-refractivity contribution >= 4 is 5.91 Å². The van der Waals surface area contributed by atoms with Crippen LogP contribution in [-0.2, 0) is 4.79 Å². The Morgan fingerprint density at radius 2 is 2.14 bits per heavy atom. The molecule has 0 aromatic carbocycles. The summed E-state index contributed by atoms with van der Waals surface area (Å²) in [6.45, 7) is 5.99. The number of nitrogens with zero attached hydrogens (tertiary/aromatic N) is 1. The van der Waals surface area contributed by atoms with Crippen molar-refractivity contribution in [1.82, 2.24) is 10.2 Å². The molecule has 2 unspecified atom stereocenters. The Hall–Kier alpha value is -0.610. The van der Waals surface area contributed by atoms with Gasteiger partial charge in [-0.3, -0.25) is 9.69 Å². The smallest absolute Gasteiger partial charge is 0.238 e. The molecule has 0 aromatic heterocycles. The number of piperazine rings is 1. The molecule has 0 aromatic rings. The molecule has 0 spiro atoms. The highest BCUT2D eigenvalue weighted by Gasteiger charge is 2.53. The second-order valence-corrected chi connectivity index (χ2v) is 4.47. The first kappa shape index (κ1) is 9.93. The molecule has 3 N–H and O–H groups in total. The molecular formula is C10H19N3O. The zero-order valence-corrected chi connectivity index (χ0v) is 8.75. The summed E-state index contributed by atoms with van der Waals surface area (Å²) in [4.78, 5) is 13.9. The number of rotatable bonds is 2. The average Bonchev–Trinajstić information content (AvgIpc) is 2.17. The number of carbonyl (C=O) groups excluding carboxylic acids is 1. The third-order valence-electron chi connectivity index (χ3n) is 3.88. The van der Waals surface area contributed by atoms with Crippen LogP contribution in [0, 0.1) is 5.92 Å². The SMILES string of the molecule is CC1CCC1(C(N)=O)N1CCNCC1. The number of hydrogen-bond acceptors (Lipinski definition) is 3. The van der Waals surface area contributed by atoms with Gasteiger partial charge in [-0.05, 0) is 18.8 Å². The molecule has 2 fully saturated rings. The van der Waals surface area contributed by atoms with Crippen molar-refractivity contribution in [3.05, 3.63) is 0 Å². The van der Waals surface area contributed by atoms with E-state index < -0.39 is 0 Å². The van der Waals surface area contributed by atoms with Gasteiger partial charge in [-0.1, -0.05) is 6.92 Å². The number of nitrogens with one attached hydrogen (secondary N) is 1. The molecule has 1 saturated heterocycles. The summed E-state index contributed by atoms with van der Waals surface area (Å²) in [5.74, 6) is 0.302. The van der Waals surface area contributed by atoms with Crippen molar-refractivity contribution in [2.24, 2.45) is 11.7 Å². The zero-order valence-electron chi connectivity index (χ0n) is 8.75. The zero-order chi connectivity index (χ0) is 10.2. The van der Waals surface area contributed by atoms with E-state index in [1.807, 2.05) is 0 Å². The fraction of sp³-hybridized carbons (Fsp3) is 0.900. The van der Waals surface area contributed by atoms with Crippen LogP contribution in [0.3, 0.4) is 0 Å². The lowest BCUT2D eigenvalue weighted by atomic mass is 9.65. The summed E-state index contributed by atoms with van der Waals surface area (Å²) in [6, 6.07) is 0. The van der Waals surface area contributed by atoms with E-state index in [0.717, 1.165) is 39.0 Å². The fourth-order valence-corrected chi connectivity index (χ4v) is 2.76. The predicted molar refractivity (Wildman–Crippen MR) is 54.8 cm³/mol. The molecule has 1 amide bonds.